The Morgan fingerprint density at radius 1 is 1.42 bits per heavy atom. The molecule has 0 saturated carbocycles. The summed E-state index contributed by atoms with van der Waals surface area (Å²) in [5.41, 5.74) is -0.573. The molecule has 1 aromatic carbocycles. The summed E-state index contributed by atoms with van der Waals surface area (Å²) in [6.07, 6.45) is 0.533. The number of rotatable bonds is 7. The number of nitrogens with one attached hydrogen (secondary N) is 1. The molecule has 0 unspecified atom stereocenters. The van der Waals surface area contributed by atoms with Gasteiger partial charge in [0.25, 0.3) is 0 Å². The molecule has 1 aromatic rings. The monoisotopic (exact) mass is 274 g/mol. The molecule has 0 fully saturated rings. The van der Waals surface area contributed by atoms with Crippen LogP contribution in [0.3, 0.4) is 0 Å². The smallest absolute Gasteiger partial charge is 0.314 e. The second kappa shape index (κ2) is 6.98. The van der Waals surface area contributed by atoms with Gasteiger partial charge >= 0.3 is 5.69 Å². The molecule has 0 heterocycles. The zero-order valence-corrected chi connectivity index (χ0v) is 10.8. The topological polar surface area (TPSA) is 64.4 Å². The van der Waals surface area contributed by atoms with Gasteiger partial charge in [0.05, 0.1) is 11.5 Å². The third kappa shape index (κ3) is 4.44. The van der Waals surface area contributed by atoms with Gasteiger partial charge in [0.2, 0.25) is 11.6 Å². The molecule has 7 heteroatoms. The maximum atomic E-state index is 13.4. The van der Waals surface area contributed by atoms with Crippen molar-refractivity contribution in [3.05, 3.63) is 33.9 Å². The number of nitro groups is 1. The number of benzene rings is 1. The molecule has 1 rings (SSSR count). The molecule has 0 aliphatic carbocycles. The molecule has 0 radical (unpaired) electrons. The lowest BCUT2D eigenvalue weighted by Gasteiger charge is -2.10. The third-order valence-electron chi connectivity index (χ3n) is 2.35. The van der Waals surface area contributed by atoms with E-state index >= 15 is 0 Å². The molecule has 106 valence electrons. The van der Waals surface area contributed by atoms with Crippen molar-refractivity contribution in [1.29, 1.82) is 0 Å². The van der Waals surface area contributed by atoms with Crippen molar-refractivity contribution in [2.24, 2.45) is 0 Å². The van der Waals surface area contributed by atoms with Gasteiger partial charge in [-0.05, 0) is 19.0 Å². The fourth-order valence-electron chi connectivity index (χ4n) is 1.44. The summed E-state index contributed by atoms with van der Waals surface area (Å²) in [5, 5.41) is 13.8. The van der Waals surface area contributed by atoms with Crippen molar-refractivity contribution in [3.8, 4) is 5.75 Å². The number of hydrogen-bond acceptors (Lipinski definition) is 4. The number of halogens is 2. The number of hydrogen-bond donors (Lipinski definition) is 1. The van der Waals surface area contributed by atoms with Crippen molar-refractivity contribution >= 4 is 5.69 Å². The van der Waals surface area contributed by atoms with Gasteiger partial charge in [0.15, 0.2) is 5.82 Å². The molecule has 0 atom stereocenters. The summed E-state index contributed by atoms with van der Waals surface area (Å²) in [6, 6.07) is 1.90. The van der Waals surface area contributed by atoms with Crippen molar-refractivity contribution in [1.82, 2.24) is 5.32 Å². The van der Waals surface area contributed by atoms with Crippen LogP contribution in [0.25, 0.3) is 0 Å². The summed E-state index contributed by atoms with van der Waals surface area (Å²) in [5.74, 6) is -3.14. The lowest BCUT2D eigenvalue weighted by Crippen LogP contribution is -2.24. The first-order chi connectivity index (χ1) is 8.93. The van der Waals surface area contributed by atoms with E-state index in [0.717, 1.165) is 6.07 Å². The first-order valence-electron chi connectivity index (χ1n) is 5.92. The highest BCUT2D eigenvalue weighted by molar-refractivity contribution is 5.47. The molecule has 0 saturated heterocycles. The summed E-state index contributed by atoms with van der Waals surface area (Å²) in [7, 11) is 0. The molecule has 0 amide bonds. The van der Waals surface area contributed by atoms with Gasteiger partial charge < -0.3 is 10.1 Å². The average molecular weight is 274 g/mol. The zero-order chi connectivity index (χ0) is 14.4. The van der Waals surface area contributed by atoms with Gasteiger partial charge in [-0.15, -0.1) is 0 Å². The van der Waals surface area contributed by atoms with E-state index in [0.29, 0.717) is 25.1 Å². The molecule has 1 N–H and O–H groups in total. The van der Waals surface area contributed by atoms with E-state index in [2.05, 4.69) is 5.32 Å². The Morgan fingerprint density at radius 3 is 2.68 bits per heavy atom. The minimum atomic E-state index is -1.33. The van der Waals surface area contributed by atoms with Gasteiger partial charge in [-0.2, -0.15) is 4.39 Å². The van der Waals surface area contributed by atoms with E-state index in [1.165, 1.54) is 0 Å². The number of nitro benzene ring substituents is 1. The summed E-state index contributed by atoms with van der Waals surface area (Å²) in [6.45, 7) is 4.64. The minimum absolute atomic E-state index is 0.0704. The Morgan fingerprint density at radius 2 is 2.11 bits per heavy atom. The van der Waals surface area contributed by atoms with Crippen LogP contribution in [0.4, 0.5) is 14.5 Å². The predicted molar refractivity (Wildman–Crippen MR) is 66.3 cm³/mol. The lowest BCUT2D eigenvalue weighted by molar-refractivity contribution is -0.386. The molecule has 0 aromatic heterocycles. The van der Waals surface area contributed by atoms with E-state index < -0.39 is 28.0 Å². The highest BCUT2D eigenvalue weighted by atomic mass is 19.2. The van der Waals surface area contributed by atoms with E-state index in [1.54, 1.807) is 0 Å². The Bertz CT molecular complexity index is 453. The molecule has 19 heavy (non-hydrogen) atoms. The quantitative estimate of drug-likeness (QED) is 0.471. The minimum Gasteiger partial charge on any atom is -0.485 e. The van der Waals surface area contributed by atoms with Crippen LogP contribution in [0.1, 0.15) is 20.3 Å². The Balaban J connectivity index is 2.66. The second-order valence-corrected chi connectivity index (χ2v) is 4.28. The standard InChI is InChI=1S/C12H16F2N2O3/c1-8(2)15-6-3-7-19-12-10(16(17)18)5-4-9(13)11(12)14/h4-5,8,15H,3,6-7H2,1-2H3. The average Bonchev–Trinajstić information content (AvgIpc) is 2.33. The van der Waals surface area contributed by atoms with Gasteiger partial charge in [0.1, 0.15) is 0 Å². The van der Waals surface area contributed by atoms with Crippen LogP contribution in [0.5, 0.6) is 5.75 Å². The first kappa shape index (κ1) is 15.3. The maximum absolute atomic E-state index is 13.4. The lowest BCUT2D eigenvalue weighted by atomic mass is 10.2. The summed E-state index contributed by atoms with van der Waals surface area (Å²) >= 11 is 0. The first-order valence-corrected chi connectivity index (χ1v) is 5.92. The normalized spacial score (nSPS) is 10.8. The summed E-state index contributed by atoms with van der Waals surface area (Å²) in [4.78, 5) is 9.89. The molecular weight excluding hydrogens is 258 g/mol. The van der Waals surface area contributed by atoms with Crippen molar-refractivity contribution in [3.63, 3.8) is 0 Å². The van der Waals surface area contributed by atoms with Crippen molar-refractivity contribution in [2.45, 2.75) is 26.3 Å². The van der Waals surface area contributed by atoms with Crippen LogP contribution in [0.2, 0.25) is 0 Å². The van der Waals surface area contributed by atoms with Crippen LogP contribution in [0, 0.1) is 21.7 Å². The highest BCUT2D eigenvalue weighted by Gasteiger charge is 2.22. The van der Waals surface area contributed by atoms with E-state index in [9.17, 15) is 18.9 Å². The Kier molecular flexibility index (Phi) is 5.62. The van der Waals surface area contributed by atoms with Crippen LogP contribution < -0.4 is 10.1 Å². The molecular formula is C12H16F2N2O3. The largest absolute Gasteiger partial charge is 0.485 e. The van der Waals surface area contributed by atoms with E-state index in [1.807, 2.05) is 13.8 Å². The fraction of sp³-hybridized carbons (Fsp3) is 0.500. The molecule has 0 aliphatic rings. The second-order valence-electron chi connectivity index (χ2n) is 4.28. The fourth-order valence-corrected chi connectivity index (χ4v) is 1.44. The maximum Gasteiger partial charge on any atom is 0.314 e. The predicted octanol–water partition coefficient (Wildman–Crippen LogP) is 2.64. The molecule has 0 spiro atoms. The van der Waals surface area contributed by atoms with Crippen LogP contribution in [-0.2, 0) is 0 Å². The molecule has 0 aliphatic heterocycles. The third-order valence-corrected chi connectivity index (χ3v) is 2.35. The number of nitrogens with zero attached hydrogens (tertiary/aromatic N) is 1. The zero-order valence-electron chi connectivity index (χ0n) is 10.8. The SMILES string of the molecule is CC(C)NCCCOc1c([N+](=O)[O-])ccc(F)c1F. The highest BCUT2D eigenvalue weighted by Crippen LogP contribution is 2.31. The Labute approximate surface area is 109 Å². The molecule has 5 nitrogen and oxygen atoms in total. The molecule has 0 bridgehead atoms. The van der Waals surface area contributed by atoms with Gasteiger partial charge in [0, 0.05) is 12.1 Å². The van der Waals surface area contributed by atoms with E-state index in [-0.39, 0.29) is 6.61 Å². The van der Waals surface area contributed by atoms with Gasteiger partial charge in [-0.3, -0.25) is 10.1 Å². The van der Waals surface area contributed by atoms with Crippen molar-refractivity contribution in [2.75, 3.05) is 13.2 Å². The van der Waals surface area contributed by atoms with Gasteiger partial charge in [-0.1, -0.05) is 13.8 Å². The van der Waals surface area contributed by atoms with Crippen molar-refractivity contribution < 1.29 is 18.4 Å². The van der Waals surface area contributed by atoms with Crippen LogP contribution >= 0.6 is 0 Å². The Hall–Kier alpha value is -1.76. The number of ether oxygens (including phenoxy) is 1. The summed E-state index contributed by atoms with van der Waals surface area (Å²) < 4.78 is 31.4. The van der Waals surface area contributed by atoms with Crippen LogP contribution in [-0.4, -0.2) is 24.1 Å². The van der Waals surface area contributed by atoms with E-state index in [4.69, 9.17) is 4.74 Å². The van der Waals surface area contributed by atoms with Gasteiger partial charge in [-0.25, -0.2) is 4.39 Å². The van der Waals surface area contributed by atoms with Crippen LogP contribution in [0.15, 0.2) is 12.1 Å².